The van der Waals surface area contributed by atoms with Crippen LogP contribution >= 0.6 is 0 Å². The molecule has 18 heavy (non-hydrogen) atoms. The van der Waals surface area contributed by atoms with Crippen LogP contribution in [-0.4, -0.2) is 29.6 Å². The average Bonchev–Trinajstić information content (AvgIpc) is 2.82. The Bertz CT molecular complexity index is 347. The van der Waals surface area contributed by atoms with Crippen molar-refractivity contribution in [1.82, 2.24) is 10.1 Å². The van der Waals surface area contributed by atoms with Gasteiger partial charge >= 0.3 is 0 Å². The van der Waals surface area contributed by atoms with E-state index >= 15 is 0 Å². The van der Waals surface area contributed by atoms with Crippen LogP contribution in [0.2, 0.25) is 0 Å². The minimum absolute atomic E-state index is 0.117. The Morgan fingerprint density at radius 1 is 1.44 bits per heavy atom. The van der Waals surface area contributed by atoms with Gasteiger partial charge in [0, 0.05) is 25.6 Å². The molecule has 2 rings (SSSR count). The zero-order valence-corrected chi connectivity index (χ0v) is 12.5. The van der Waals surface area contributed by atoms with Gasteiger partial charge < -0.3 is 9.42 Å². The smallest absolute Gasteiger partial charge is 0.229 e. The molecule has 0 N–H and O–H groups in total. The van der Waals surface area contributed by atoms with Gasteiger partial charge in [-0.25, -0.2) is 0 Å². The van der Waals surface area contributed by atoms with E-state index in [2.05, 4.69) is 19.0 Å². The van der Waals surface area contributed by atoms with Crippen LogP contribution < -0.4 is 0 Å². The molecule has 4 heteroatoms. The Kier molecular flexibility index (Phi) is 8.08. The van der Waals surface area contributed by atoms with Crippen molar-refractivity contribution in [1.29, 1.82) is 0 Å². The molecule has 1 unspecified atom stereocenters. The van der Waals surface area contributed by atoms with Crippen LogP contribution in [0.15, 0.2) is 10.7 Å². The lowest BCUT2D eigenvalue weighted by Gasteiger charge is -2.16. The number of amides is 1. The maximum absolute atomic E-state index is 11.7. The van der Waals surface area contributed by atoms with Crippen LogP contribution in [0, 0.1) is 0 Å². The Labute approximate surface area is 110 Å². The van der Waals surface area contributed by atoms with E-state index in [0.717, 1.165) is 17.7 Å². The van der Waals surface area contributed by atoms with Crippen LogP contribution in [0.5, 0.6) is 0 Å². The minimum atomic E-state index is -0.117. The molecule has 0 spiro atoms. The van der Waals surface area contributed by atoms with Crippen molar-refractivity contribution in [3.8, 4) is 0 Å². The van der Waals surface area contributed by atoms with Crippen LogP contribution in [0.4, 0.5) is 0 Å². The van der Waals surface area contributed by atoms with Crippen molar-refractivity contribution in [2.24, 2.45) is 0 Å². The van der Waals surface area contributed by atoms with Gasteiger partial charge in [-0.1, -0.05) is 39.3 Å². The molecule has 1 aliphatic rings. The predicted molar refractivity (Wildman–Crippen MR) is 73.6 cm³/mol. The van der Waals surface area contributed by atoms with E-state index in [-0.39, 0.29) is 11.8 Å². The third-order valence-electron chi connectivity index (χ3n) is 2.56. The molecule has 0 aromatic carbocycles. The highest BCUT2D eigenvalue weighted by molar-refractivity contribution is 5.83. The highest BCUT2D eigenvalue weighted by Gasteiger charge is 2.27. The molecule has 0 aliphatic carbocycles. The SMILES string of the molecule is CC.CC1C(=O)N(C)CCc2oncc21.CCC. The molecule has 0 saturated heterocycles. The second kappa shape index (κ2) is 8.72. The summed E-state index contributed by atoms with van der Waals surface area (Å²) in [6.07, 6.45) is 3.67. The predicted octanol–water partition coefficient (Wildman–Crippen LogP) is 3.24. The maximum Gasteiger partial charge on any atom is 0.229 e. The molecule has 1 atom stereocenters. The molecule has 104 valence electrons. The van der Waals surface area contributed by atoms with Crippen LogP contribution in [-0.2, 0) is 11.2 Å². The topological polar surface area (TPSA) is 46.3 Å². The second-order valence-corrected chi connectivity index (χ2v) is 4.14. The molecule has 1 aromatic heterocycles. The third-order valence-corrected chi connectivity index (χ3v) is 2.56. The first-order valence-corrected chi connectivity index (χ1v) is 6.80. The summed E-state index contributed by atoms with van der Waals surface area (Å²) in [5, 5.41) is 3.71. The average molecular weight is 254 g/mol. The Balaban J connectivity index is 0.000000509. The Hall–Kier alpha value is -1.32. The van der Waals surface area contributed by atoms with Gasteiger partial charge in [0.2, 0.25) is 5.91 Å². The number of rotatable bonds is 0. The summed E-state index contributed by atoms with van der Waals surface area (Å²) in [6, 6.07) is 0. The standard InChI is InChI=1S/C9H12N2O2.C3H8.C2H6/c1-6-7-5-10-13-8(7)3-4-11(2)9(6)12;1-3-2;1-2/h5-6H,3-4H2,1-2H3;3H2,1-2H3;1-2H3. The summed E-state index contributed by atoms with van der Waals surface area (Å²) in [5.74, 6) is 0.876. The molecule has 4 nitrogen and oxygen atoms in total. The van der Waals surface area contributed by atoms with Gasteiger partial charge in [-0.15, -0.1) is 0 Å². The number of carbonyl (C=O) groups is 1. The number of hydrogen-bond donors (Lipinski definition) is 0. The lowest BCUT2D eigenvalue weighted by Crippen LogP contribution is -2.29. The molecular formula is C14H26N2O2. The maximum atomic E-state index is 11.7. The fourth-order valence-corrected chi connectivity index (χ4v) is 1.66. The van der Waals surface area contributed by atoms with Crippen LogP contribution in [0.3, 0.4) is 0 Å². The van der Waals surface area contributed by atoms with Crippen molar-refractivity contribution in [3.63, 3.8) is 0 Å². The quantitative estimate of drug-likeness (QED) is 0.714. The lowest BCUT2D eigenvalue weighted by molar-refractivity contribution is -0.130. The van der Waals surface area contributed by atoms with Crippen molar-refractivity contribution in [2.75, 3.05) is 13.6 Å². The highest BCUT2D eigenvalue weighted by atomic mass is 16.5. The van der Waals surface area contributed by atoms with E-state index in [9.17, 15) is 4.79 Å². The zero-order chi connectivity index (χ0) is 14.1. The highest BCUT2D eigenvalue weighted by Crippen LogP contribution is 2.24. The first kappa shape index (κ1) is 16.7. The van der Waals surface area contributed by atoms with Gasteiger partial charge in [-0.05, 0) is 6.92 Å². The number of aromatic nitrogens is 1. The molecule has 1 amide bonds. The molecule has 1 aliphatic heterocycles. The summed E-state index contributed by atoms with van der Waals surface area (Å²) in [5.41, 5.74) is 0.939. The summed E-state index contributed by atoms with van der Waals surface area (Å²) in [4.78, 5) is 13.4. The summed E-state index contributed by atoms with van der Waals surface area (Å²) >= 11 is 0. The largest absolute Gasteiger partial charge is 0.361 e. The van der Waals surface area contributed by atoms with Crippen LogP contribution in [0.25, 0.3) is 0 Å². The monoisotopic (exact) mass is 254 g/mol. The van der Waals surface area contributed by atoms with Crippen molar-refractivity contribution in [2.45, 2.75) is 53.4 Å². The van der Waals surface area contributed by atoms with E-state index in [1.165, 1.54) is 6.42 Å². The number of nitrogens with zero attached hydrogens (tertiary/aromatic N) is 2. The Morgan fingerprint density at radius 3 is 2.56 bits per heavy atom. The van der Waals surface area contributed by atoms with Gasteiger partial charge in [-0.2, -0.15) is 0 Å². The minimum Gasteiger partial charge on any atom is -0.361 e. The van der Waals surface area contributed by atoms with E-state index in [0.29, 0.717) is 6.54 Å². The molecule has 0 fully saturated rings. The van der Waals surface area contributed by atoms with Crippen molar-refractivity contribution < 1.29 is 9.32 Å². The fraction of sp³-hybridized carbons (Fsp3) is 0.714. The number of hydrogen-bond acceptors (Lipinski definition) is 3. The van der Waals surface area contributed by atoms with E-state index in [4.69, 9.17) is 4.52 Å². The lowest BCUT2D eigenvalue weighted by atomic mass is 10.0. The summed E-state index contributed by atoms with van der Waals surface area (Å²) in [6.45, 7) is 10.9. The second-order valence-electron chi connectivity index (χ2n) is 4.14. The number of fused-ring (bicyclic) bond motifs is 1. The number of likely N-dealkylation sites (N-methyl/N-ethyl adjacent to an activating group) is 1. The van der Waals surface area contributed by atoms with E-state index < -0.39 is 0 Å². The fourth-order valence-electron chi connectivity index (χ4n) is 1.66. The molecule has 0 radical (unpaired) electrons. The zero-order valence-electron chi connectivity index (χ0n) is 12.5. The van der Waals surface area contributed by atoms with Crippen molar-refractivity contribution >= 4 is 5.91 Å². The first-order valence-electron chi connectivity index (χ1n) is 6.80. The molecular weight excluding hydrogens is 228 g/mol. The number of carbonyl (C=O) groups excluding carboxylic acids is 1. The third kappa shape index (κ3) is 4.17. The molecule has 2 heterocycles. The first-order chi connectivity index (χ1) is 8.61. The van der Waals surface area contributed by atoms with Gasteiger partial charge in [0.1, 0.15) is 5.76 Å². The van der Waals surface area contributed by atoms with Gasteiger partial charge in [0.15, 0.2) is 0 Å². The van der Waals surface area contributed by atoms with Gasteiger partial charge in [0.25, 0.3) is 0 Å². The van der Waals surface area contributed by atoms with Crippen LogP contribution in [0.1, 0.15) is 58.3 Å². The van der Waals surface area contributed by atoms with Gasteiger partial charge in [-0.3, -0.25) is 4.79 Å². The van der Waals surface area contributed by atoms with Gasteiger partial charge in [0.05, 0.1) is 12.1 Å². The molecule has 1 aromatic rings. The summed E-state index contributed by atoms with van der Waals surface area (Å²) in [7, 11) is 1.82. The van der Waals surface area contributed by atoms with E-state index in [1.807, 2.05) is 27.8 Å². The summed E-state index contributed by atoms with van der Waals surface area (Å²) < 4.78 is 5.07. The van der Waals surface area contributed by atoms with Crippen molar-refractivity contribution in [3.05, 3.63) is 17.5 Å². The Morgan fingerprint density at radius 2 is 2.00 bits per heavy atom. The van der Waals surface area contributed by atoms with E-state index in [1.54, 1.807) is 11.1 Å². The normalized spacial score (nSPS) is 17.8. The molecule has 0 saturated carbocycles. The molecule has 0 bridgehead atoms.